The number of nitrogens with one attached hydrogen (secondary N) is 1. The van der Waals surface area contributed by atoms with Crippen LogP contribution in [0.25, 0.3) is 10.9 Å². The van der Waals surface area contributed by atoms with Gasteiger partial charge in [-0.15, -0.1) is 0 Å². The first-order valence-electron chi connectivity index (χ1n) is 7.99. The van der Waals surface area contributed by atoms with Gasteiger partial charge >= 0.3 is 5.97 Å². The number of carbonyl (C=O) groups excluding carboxylic acids is 1. The minimum Gasteiger partial charge on any atom is -0.460 e. The first-order chi connectivity index (χ1) is 12.1. The lowest BCUT2D eigenvalue weighted by Gasteiger charge is -2.14. The third-order valence-electron chi connectivity index (χ3n) is 4.54. The summed E-state index contributed by atoms with van der Waals surface area (Å²) in [4.78, 5) is 31.4. The van der Waals surface area contributed by atoms with Crippen LogP contribution in [0.2, 0.25) is 0 Å². The van der Waals surface area contributed by atoms with Gasteiger partial charge in [-0.25, -0.2) is 4.39 Å². The quantitative estimate of drug-likeness (QED) is 0.743. The lowest BCUT2D eigenvalue weighted by Crippen LogP contribution is -2.26. The van der Waals surface area contributed by atoms with Crippen molar-refractivity contribution in [1.29, 1.82) is 0 Å². The lowest BCUT2D eigenvalue weighted by molar-refractivity contribution is -0.148. The summed E-state index contributed by atoms with van der Waals surface area (Å²) < 4.78 is 19.3. The van der Waals surface area contributed by atoms with Gasteiger partial charge in [0.1, 0.15) is 17.8 Å². The van der Waals surface area contributed by atoms with Crippen LogP contribution >= 0.6 is 0 Å². The molecule has 1 aliphatic carbocycles. The number of rotatable bonds is 4. The topological polar surface area (TPSA) is 72.1 Å². The SMILES string of the molecule is O=C(OCc1cc2ccccc2[nH]c1=O)C1(c2ncccc2F)CC1. The normalized spacial score (nSPS) is 15.1. The highest BCUT2D eigenvalue weighted by molar-refractivity contribution is 5.86. The number of hydrogen-bond acceptors (Lipinski definition) is 4. The number of fused-ring (bicyclic) bond motifs is 1. The van der Waals surface area contributed by atoms with E-state index in [9.17, 15) is 14.0 Å². The van der Waals surface area contributed by atoms with Gasteiger partial charge in [-0.2, -0.15) is 0 Å². The zero-order chi connectivity index (χ0) is 17.4. The predicted molar refractivity (Wildman–Crippen MR) is 89.5 cm³/mol. The van der Waals surface area contributed by atoms with Gasteiger partial charge in [-0.05, 0) is 42.5 Å². The number of para-hydroxylation sites is 1. The Morgan fingerprint density at radius 2 is 2.04 bits per heavy atom. The van der Waals surface area contributed by atoms with Gasteiger partial charge in [0.25, 0.3) is 5.56 Å². The molecular weight excluding hydrogens is 323 g/mol. The molecule has 0 spiro atoms. The molecule has 1 saturated carbocycles. The number of esters is 1. The number of aromatic amines is 1. The van der Waals surface area contributed by atoms with Crippen LogP contribution in [0.4, 0.5) is 4.39 Å². The molecular formula is C19H15FN2O3. The number of hydrogen-bond donors (Lipinski definition) is 1. The van der Waals surface area contributed by atoms with E-state index in [1.54, 1.807) is 12.1 Å². The molecule has 1 aromatic carbocycles. The number of halogens is 1. The zero-order valence-corrected chi connectivity index (χ0v) is 13.3. The van der Waals surface area contributed by atoms with Crippen LogP contribution in [0.1, 0.15) is 24.1 Å². The number of ether oxygens (including phenoxy) is 1. The maximum atomic E-state index is 14.0. The fourth-order valence-corrected chi connectivity index (χ4v) is 2.98. The molecule has 0 amide bonds. The molecule has 6 heteroatoms. The summed E-state index contributed by atoms with van der Waals surface area (Å²) in [5.41, 5.74) is -0.136. The Morgan fingerprint density at radius 3 is 2.80 bits per heavy atom. The van der Waals surface area contributed by atoms with Crippen LogP contribution in [0, 0.1) is 5.82 Å². The number of pyridine rings is 2. The van der Waals surface area contributed by atoms with Crippen LogP contribution < -0.4 is 5.56 Å². The molecule has 126 valence electrons. The lowest BCUT2D eigenvalue weighted by atomic mass is 10.0. The molecule has 4 rings (SSSR count). The summed E-state index contributed by atoms with van der Waals surface area (Å²) >= 11 is 0. The van der Waals surface area contributed by atoms with E-state index in [0.717, 1.165) is 10.9 Å². The third kappa shape index (κ3) is 2.69. The molecule has 0 aliphatic heterocycles. The van der Waals surface area contributed by atoms with E-state index >= 15 is 0 Å². The highest BCUT2D eigenvalue weighted by Crippen LogP contribution is 2.49. The van der Waals surface area contributed by atoms with E-state index in [0.29, 0.717) is 18.4 Å². The molecule has 5 nitrogen and oxygen atoms in total. The second kappa shape index (κ2) is 5.81. The molecule has 0 unspecified atom stereocenters. The summed E-state index contributed by atoms with van der Waals surface area (Å²) in [7, 11) is 0. The maximum Gasteiger partial charge on any atom is 0.318 e. The van der Waals surface area contributed by atoms with Crippen molar-refractivity contribution in [3.63, 3.8) is 0 Å². The molecule has 0 radical (unpaired) electrons. The summed E-state index contributed by atoms with van der Waals surface area (Å²) in [6.07, 6.45) is 2.45. The Kier molecular flexibility index (Phi) is 3.60. The Morgan fingerprint density at radius 1 is 1.24 bits per heavy atom. The van der Waals surface area contributed by atoms with Crippen LogP contribution in [0.3, 0.4) is 0 Å². The molecule has 1 N–H and O–H groups in total. The summed E-state index contributed by atoms with van der Waals surface area (Å²) in [6, 6.07) is 11.8. The molecule has 0 atom stereocenters. The third-order valence-corrected chi connectivity index (χ3v) is 4.54. The van der Waals surface area contributed by atoms with Crippen molar-refractivity contribution in [3.05, 3.63) is 76.1 Å². The number of benzene rings is 1. The van der Waals surface area contributed by atoms with E-state index in [1.807, 2.05) is 18.2 Å². The Hall–Kier alpha value is -3.02. The fraction of sp³-hybridized carbons (Fsp3) is 0.211. The minimum absolute atomic E-state index is 0.118. The standard InChI is InChI=1S/C19H15FN2O3/c20-14-5-3-9-21-16(14)19(7-8-19)18(24)25-11-13-10-12-4-1-2-6-15(12)22-17(13)23/h1-6,9-10H,7-8,11H2,(H,22,23). The van der Waals surface area contributed by atoms with E-state index in [2.05, 4.69) is 9.97 Å². The predicted octanol–water partition coefficient (Wildman–Crippen LogP) is 2.84. The van der Waals surface area contributed by atoms with Crippen molar-refractivity contribution >= 4 is 16.9 Å². The van der Waals surface area contributed by atoms with Crippen LogP contribution in [-0.2, 0) is 21.6 Å². The summed E-state index contributed by atoms with van der Waals surface area (Å²) in [6.45, 7) is -0.158. The van der Waals surface area contributed by atoms with Crippen LogP contribution in [-0.4, -0.2) is 15.9 Å². The minimum atomic E-state index is -1.02. The molecule has 25 heavy (non-hydrogen) atoms. The van der Waals surface area contributed by atoms with Gasteiger partial charge in [0.15, 0.2) is 0 Å². The number of H-pyrrole nitrogens is 1. The van der Waals surface area contributed by atoms with Crippen molar-refractivity contribution in [2.75, 3.05) is 0 Å². The Bertz CT molecular complexity index is 1020. The van der Waals surface area contributed by atoms with Gasteiger partial charge < -0.3 is 9.72 Å². The van der Waals surface area contributed by atoms with Gasteiger partial charge in [0.05, 0.1) is 11.3 Å². The number of aromatic nitrogens is 2. The average molecular weight is 338 g/mol. The molecule has 2 aromatic heterocycles. The van der Waals surface area contributed by atoms with E-state index in [4.69, 9.17) is 4.74 Å². The van der Waals surface area contributed by atoms with Crippen molar-refractivity contribution < 1.29 is 13.9 Å². The van der Waals surface area contributed by atoms with Crippen molar-refractivity contribution in [2.45, 2.75) is 24.9 Å². The highest BCUT2D eigenvalue weighted by Gasteiger charge is 2.55. The summed E-state index contributed by atoms with van der Waals surface area (Å²) in [5.74, 6) is -1.06. The van der Waals surface area contributed by atoms with Crippen molar-refractivity contribution in [1.82, 2.24) is 9.97 Å². The Balaban J connectivity index is 1.56. The van der Waals surface area contributed by atoms with Crippen LogP contribution in [0.15, 0.2) is 53.5 Å². The Labute approximate surface area is 142 Å². The average Bonchev–Trinajstić information content (AvgIpc) is 3.42. The van der Waals surface area contributed by atoms with E-state index in [-0.39, 0.29) is 17.9 Å². The monoisotopic (exact) mass is 338 g/mol. The highest BCUT2D eigenvalue weighted by atomic mass is 19.1. The van der Waals surface area contributed by atoms with Gasteiger partial charge in [0.2, 0.25) is 0 Å². The zero-order valence-electron chi connectivity index (χ0n) is 13.3. The van der Waals surface area contributed by atoms with E-state index < -0.39 is 17.2 Å². The van der Waals surface area contributed by atoms with Crippen molar-refractivity contribution in [3.8, 4) is 0 Å². The molecule has 1 aliphatic rings. The van der Waals surface area contributed by atoms with Gasteiger partial charge in [-0.1, -0.05) is 18.2 Å². The largest absolute Gasteiger partial charge is 0.460 e. The van der Waals surface area contributed by atoms with Gasteiger partial charge in [-0.3, -0.25) is 14.6 Å². The first kappa shape index (κ1) is 15.5. The second-order valence-electron chi connectivity index (χ2n) is 6.20. The smallest absolute Gasteiger partial charge is 0.318 e. The number of carbonyl (C=O) groups is 1. The summed E-state index contributed by atoms with van der Waals surface area (Å²) in [5, 5.41) is 0.852. The number of nitrogens with zero attached hydrogens (tertiary/aromatic N) is 1. The molecule has 1 fully saturated rings. The van der Waals surface area contributed by atoms with Crippen LogP contribution in [0.5, 0.6) is 0 Å². The van der Waals surface area contributed by atoms with E-state index in [1.165, 1.54) is 18.3 Å². The maximum absolute atomic E-state index is 14.0. The fourth-order valence-electron chi connectivity index (χ4n) is 2.98. The molecule has 2 heterocycles. The van der Waals surface area contributed by atoms with Crippen molar-refractivity contribution in [2.24, 2.45) is 0 Å². The van der Waals surface area contributed by atoms with Gasteiger partial charge in [0, 0.05) is 11.7 Å². The molecule has 0 bridgehead atoms. The molecule has 0 saturated heterocycles. The molecule has 3 aromatic rings. The first-order valence-corrected chi connectivity index (χ1v) is 7.99. The second-order valence-corrected chi connectivity index (χ2v) is 6.20.